The summed E-state index contributed by atoms with van der Waals surface area (Å²) in [6.45, 7) is 2.66. The number of carbonyl (C=O) groups excluding carboxylic acids is 2. The second-order valence-electron chi connectivity index (χ2n) is 11.9. The molecule has 47 heavy (non-hydrogen) atoms. The molecule has 8 rings (SSSR count). The van der Waals surface area contributed by atoms with Gasteiger partial charge in [0.2, 0.25) is 17.5 Å². The predicted molar refractivity (Wildman–Crippen MR) is 171 cm³/mol. The molecule has 2 N–H and O–H groups in total. The minimum atomic E-state index is -0.171. The Morgan fingerprint density at radius 3 is 2.28 bits per heavy atom. The fourth-order valence-corrected chi connectivity index (χ4v) is 6.47. The maximum atomic E-state index is 12.9. The number of carbonyl (C=O) groups is 2. The lowest BCUT2D eigenvalue weighted by Crippen LogP contribution is -2.30. The molecule has 0 aliphatic carbocycles. The van der Waals surface area contributed by atoms with E-state index in [9.17, 15) is 9.59 Å². The third kappa shape index (κ3) is 5.71. The summed E-state index contributed by atoms with van der Waals surface area (Å²) >= 11 is 0. The quantitative estimate of drug-likeness (QED) is 0.229. The molecule has 2 saturated heterocycles. The van der Waals surface area contributed by atoms with Crippen LogP contribution in [0.3, 0.4) is 0 Å². The molecule has 2 fully saturated rings. The first kappa shape index (κ1) is 28.6. The van der Waals surface area contributed by atoms with Crippen molar-refractivity contribution in [2.45, 2.75) is 25.3 Å². The zero-order valence-corrected chi connectivity index (χ0v) is 25.4. The highest BCUT2D eigenvalue weighted by Crippen LogP contribution is 2.34. The molecular formula is C34H31N9O4. The van der Waals surface area contributed by atoms with Crippen molar-refractivity contribution in [3.05, 3.63) is 97.5 Å². The number of oxazole rings is 2. The molecule has 0 saturated carbocycles. The van der Waals surface area contributed by atoms with Gasteiger partial charge in [-0.05, 0) is 53.6 Å². The first-order chi connectivity index (χ1) is 23.1. The van der Waals surface area contributed by atoms with Crippen LogP contribution in [0.15, 0.2) is 89.0 Å². The van der Waals surface area contributed by atoms with Gasteiger partial charge in [-0.2, -0.15) is 0 Å². The highest BCUT2D eigenvalue weighted by Gasteiger charge is 2.34. The molecule has 2 aromatic carbocycles. The van der Waals surface area contributed by atoms with Crippen LogP contribution >= 0.6 is 0 Å². The van der Waals surface area contributed by atoms with Crippen LogP contribution in [0.4, 0.5) is 5.95 Å². The van der Waals surface area contributed by atoms with Gasteiger partial charge in [-0.1, -0.05) is 24.3 Å². The SMILES string of the molecule is O=C(c1cnco1)N1CC[C@H](CNc2ncc(-c3ccc4cc(-c5cnc([C@@H]6CCCN6C(=O)c6cnco6)[nH]5)ccc4c3)cn2)C1. The molecule has 2 atom stereocenters. The predicted octanol–water partition coefficient (Wildman–Crippen LogP) is 5.21. The van der Waals surface area contributed by atoms with Crippen LogP contribution in [0.25, 0.3) is 33.2 Å². The molecule has 236 valence electrons. The standard InChI is InChI=1S/C34H31N9O4/c44-32(29-16-35-19-46-29)42-9-7-21(18-42)12-38-34-39-13-26(14-40-34)24-4-3-23-11-25(6-5-22(23)10-24)27-15-37-31(41-27)28-2-1-8-43(28)33(45)30-17-36-20-47-30/h3-6,10-11,13-17,19-21,28H,1-2,7-9,12,18H2,(H,37,41)(H,38,39,40)/t21-,28+/m1/s1. The molecule has 13 heteroatoms. The zero-order chi connectivity index (χ0) is 31.7. The second-order valence-corrected chi connectivity index (χ2v) is 11.9. The van der Waals surface area contributed by atoms with E-state index in [4.69, 9.17) is 8.83 Å². The Kier molecular flexibility index (Phi) is 7.40. The number of aromatic amines is 1. The van der Waals surface area contributed by atoms with Gasteiger partial charge >= 0.3 is 0 Å². The fraction of sp³-hybridized carbons (Fsp3) is 0.265. The van der Waals surface area contributed by atoms with E-state index in [1.165, 1.54) is 25.2 Å². The summed E-state index contributed by atoms with van der Waals surface area (Å²) in [7, 11) is 0. The summed E-state index contributed by atoms with van der Waals surface area (Å²) in [5, 5.41) is 5.50. The van der Waals surface area contributed by atoms with E-state index in [1.807, 2.05) is 18.6 Å². The maximum Gasteiger partial charge on any atom is 0.291 e. The smallest absolute Gasteiger partial charge is 0.291 e. The van der Waals surface area contributed by atoms with Crippen LogP contribution in [-0.4, -0.2) is 77.7 Å². The van der Waals surface area contributed by atoms with Crippen LogP contribution in [0, 0.1) is 5.92 Å². The van der Waals surface area contributed by atoms with Gasteiger partial charge in [0.15, 0.2) is 12.8 Å². The number of rotatable bonds is 8. The number of nitrogens with zero attached hydrogens (tertiary/aromatic N) is 7. The first-order valence-electron chi connectivity index (χ1n) is 15.6. The summed E-state index contributed by atoms with van der Waals surface area (Å²) in [4.78, 5) is 53.9. The molecule has 4 aromatic heterocycles. The monoisotopic (exact) mass is 629 g/mol. The third-order valence-electron chi connectivity index (χ3n) is 8.97. The van der Waals surface area contributed by atoms with Crippen LogP contribution in [0.2, 0.25) is 0 Å². The topological polar surface area (TPSA) is 159 Å². The Morgan fingerprint density at radius 2 is 1.53 bits per heavy atom. The number of benzene rings is 2. The van der Waals surface area contributed by atoms with Gasteiger partial charge in [-0.15, -0.1) is 0 Å². The van der Waals surface area contributed by atoms with Gasteiger partial charge in [0.05, 0.1) is 30.3 Å². The molecule has 2 aliphatic heterocycles. The van der Waals surface area contributed by atoms with Crippen molar-refractivity contribution in [1.29, 1.82) is 0 Å². The Morgan fingerprint density at radius 1 is 0.809 bits per heavy atom. The highest BCUT2D eigenvalue weighted by molar-refractivity contribution is 5.92. The molecule has 2 aliphatic rings. The van der Waals surface area contributed by atoms with Gasteiger partial charge in [0.1, 0.15) is 5.82 Å². The summed E-state index contributed by atoms with van der Waals surface area (Å²) in [6.07, 6.45) is 13.6. The molecule has 13 nitrogen and oxygen atoms in total. The number of H-pyrrole nitrogens is 1. The van der Waals surface area contributed by atoms with Crippen LogP contribution in [0.5, 0.6) is 0 Å². The number of fused-ring (bicyclic) bond motifs is 1. The summed E-state index contributed by atoms with van der Waals surface area (Å²) in [5.41, 5.74) is 3.86. The van der Waals surface area contributed by atoms with Gasteiger partial charge in [-0.3, -0.25) is 9.59 Å². The van der Waals surface area contributed by atoms with Gasteiger partial charge in [-0.25, -0.2) is 24.9 Å². The largest absolute Gasteiger partial charge is 0.438 e. The number of likely N-dealkylation sites (tertiary alicyclic amines) is 2. The number of anilines is 1. The molecular weight excluding hydrogens is 598 g/mol. The third-order valence-corrected chi connectivity index (χ3v) is 8.97. The number of amides is 2. The lowest BCUT2D eigenvalue weighted by atomic mass is 10.0. The minimum absolute atomic E-state index is 0.127. The van der Waals surface area contributed by atoms with E-state index in [0.29, 0.717) is 38.0 Å². The molecule has 2 amide bonds. The number of hydrogen-bond acceptors (Lipinski definition) is 10. The van der Waals surface area contributed by atoms with Crippen molar-refractivity contribution in [2.24, 2.45) is 5.92 Å². The van der Waals surface area contributed by atoms with E-state index in [-0.39, 0.29) is 29.4 Å². The number of nitrogens with one attached hydrogen (secondary N) is 2. The minimum Gasteiger partial charge on any atom is -0.438 e. The fourth-order valence-electron chi connectivity index (χ4n) is 6.47. The second kappa shape index (κ2) is 12.2. The van der Waals surface area contributed by atoms with Gasteiger partial charge in [0, 0.05) is 49.7 Å². The Hall–Kier alpha value is -5.85. The Bertz CT molecular complexity index is 2020. The van der Waals surface area contributed by atoms with E-state index in [2.05, 4.69) is 71.6 Å². The van der Waals surface area contributed by atoms with E-state index < -0.39 is 0 Å². The van der Waals surface area contributed by atoms with Crippen molar-refractivity contribution >= 4 is 28.5 Å². The summed E-state index contributed by atoms with van der Waals surface area (Å²) in [5.74, 6) is 1.83. The Balaban J connectivity index is 0.905. The van der Waals surface area contributed by atoms with Crippen molar-refractivity contribution < 1.29 is 18.4 Å². The zero-order valence-electron chi connectivity index (χ0n) is 25.4. The van der Waals surface area contributed by atoms with Crippen LogP contribution in [-0.2, 0) is 0 Å². The van der Waals surface area contributed by atoms with E-state index >= 15 is 0 Å². The van der Waals surface area contributed by atoms with Crippen molar-refractivity contribution in [3.8, 4) is 22.4 Å². The average Bonchev–Trinajstić information content (AvgIpc) is 3.96. The lowest BCUT2D eigenvalue weighted by molar-refractivity contribution is 0.0697. The Labute approximate surface area is 269 Å². The lowest BCUT2D eigenvalue weighted by Gasteiger charge is -2.21. The number of imidazole rings is 1. The first-order valence-corrected chi connectivity index (χ1v) is 15.6. The van der Waals surface area contributed by atoms with Gasteiger partial charge in [0.25, 0.3) is 11.8 Å². The summed E-state index contributed by atoms with van der Waals surface area (Å²) < 4.78 is 10.4. The highest BCUT2D eigenvalue weighted by atomic mass is 16.4. The average molecular weight is 630 g/mol. The van der Waals surface area contributed by atoms with E-state index in [1.54, 1.807) is 9.80 Å². The maximum absolute atomic E-state index is 12.9. The van der Waals surface area contributed by atoms with Crippen LogP contribution in [0.1, 0.15) is 52.2 Å². The molecule has 0 radical (unpaired) electrons. The van der Waals surface area contributed by atoms with Crippen molar-refractivity contribution in [3.63, 3.8) is 0 Å². The molecule has 0 spiro atoms. The van der Waals surface area contributed by atoms with E-state index in [0.717, 1.165) is 58.2 Å². The van der Waals surface area contributed by atoms with Crippen molar-refractivity contribution in [2.75, 3.05) is 31.5 Å². The molecule has 6 heterocycles. The normalized spacial score (nSPS) is 17.9. The number of hydrogen-bond donors (Lipinski definition) is 2. The molecule has 0 bridgehead atoms. The number of aromatic nitrogens is 6. The van der Waals surface area contributed by atoms with Crippen LogP contribution < -0.4 is 5.32 Å². The summed E-state index contributed by atoms with van der Waals surface area (Å²) in [6, 6.07) is 12.5. The molecule has 0 unspecified atom stereocenters. The van der Waals surface area contributed by atoms with Gasteiger partial charge < -0.3 is 28.9 Å². The molecule has 6 aromatic rings. The van der Waals surface area contributed by atoms with Crippen molar-refractivity contribution in [1.82, 2.24) is 39.7 Å².